The summed E-state index contributed by atoms with van der Waals surface area (Å²) in [5.41, 5.74) is 7.94. The van der Waals surface area contributed by atoms with E-state index in [0.29, 0.717) is 13.1 Å². The maximum absolute atomic E-state index is 13.0. The summed E-state index contributed by atoms with van der Waals surface area (Å²) in [4.78, 5) is 20.0. The number of carbonyl (C=O) groups is 1. The highest BCUT2D eigenvalue weighted by atomic mass is 16.1. The molecule has 1 aliphatic rings. The van der Waals surface area contributed by atoms with Crippen molar-refractivity contribution in [1.29, 1.82) is 0 Å². The van der Waals surface area contributed by atoms with Crippen LogP contribution in [0.2, 0.25) is 0 Å². The predicted octanol–water partition coefficient (Wildman–Crippen LogP) is 5.11. The first-order valence-corrected chi connectivity index (χ1v) is 12.5. The molecule has 0 aliphatic carbocycles. The Hall–Kier alpha value is -3.67. The van der Waals surface area contributed by atoms with Crippen LogP contribution in [-0.2, 0) is 17.8 Å². The molecule has 1 saturated heterocycles. The lowest BCUT2D eigenvalue weighted by atomic mass is 9.97. The Labute approximate surface area is 207 Å². The van der Waals surface area contributed by atoms with E-state index in [-0.39, 0.29) is 11.8 Å². The number of anilines is 1. The molecule has 1 atom stereocenters. The van der Waals surface area contributed by atoms with Gasteiger partial charge in [0.15, 0.2) is 5.82 Å². The van der Waals surface area contributed by atoms with E-state index in [9.17, 15) is 4.79 Å². The number of piperidine rings is 1. The number of aryl methyl sites for hydroxylation is 3. The first-order chi connectivity index (χ1) is 17.0. The summed E-state index contributed by atoms with van der Waals surface area (Å²) in [7, 11) is 0. The molecule has 6 heteroatoms. The summed E-state index contributed by atoms with van der Waals surface area (Å²) in [5.74, 6) is 0.955. The van der Waals surface area contributed by atoms with E-state index < -0.39 is 0 Å². The van der Waals surface area contributed by atoms with Gasteiger partial charge in [-0.3, -0.25) is 4.79 Å². The fraction of sp³-hybridized carbons (Fsp3) is 0.345. The van der Waals surface area contributed by atoms with Crippen LogP contribution in [0.1, 0.15) is 42.0 Å². The first kappa shape index (κ1) is 23.1. The zero-order valence-corrected chi connectivity index (χ0v) is 20.8. The Morgan fingerprint density at radius 3 is 2.66 bits per heavy atom. The van der Waals surface area contributed by atoms with Gasteiger partial charge < -0.3 is 10.2 Å². The molecule has 0 saturated carbocycles. The Bertz CT molecular complexity index is 1340. The van der Waals surface area contributed by atoms with E-state index in [4.69, 9.17) is 10.1 Å². The van der Waals surface area contributed by atoms with Gasteiger partial charge in [0, 0.05) is 37.6 Å². The molecule has 0 spiro atoms. The molecule has 4 aromatic rings. The summed E-state index contributed by atoms with van der Waals surface area (Å²) in [6.45, 7) is 8.49. The molecular weight excluding hydrogens is 434 g/mol. The highest BCUT2D eigenvalue weighted by molar-refractivity contribution is 5.81. The van der Waals surface area contributed by atoms with Gasteiger partial charge in [-0.1, -0.05) is 55.0 Å². The highest BCUT2D eigenvalue weighted by Crippen LogP contribution is 2.30. The molecular formula is C29H33N5O. The predicted molar refractivity (Wildman–Crippen MR) is 141 cm³/mol. The molecule has 1 fully saturated rings. The number of benzene rings is 2. The van der Waals surface area contributed by atoms with E-state index >= 15 is 0 Å². The monoisotopic (exact) mass is 467 g/mol. The second-order valence-corrected chi connectivity index (χ2v) is 9.60. The van der Waals surface area contributed by atoms with Crippen LogP contribution in [0.5, 0.6) is 0 Å². The molecule has 0 unspecified atom stereocenters. The van der Waals surface area contributed by atoms with E-state index in [1.165, 1.54) is 16.7 Å². The molecule has 1 N–H and O–H groups in total. The summed E-state index contributed by atoms with van der Waals surface area (Å²) in [6.07, 6.45) is 6.57. The first-order valence-electron chi connectivity index (χ1n) is 12.5. The van der Waals surface area contributed by atoms with Gasteiger partial charge in [0.25, 0.3) is 0 Å². The van der Waals surface area contributed by atoms with Gasteiger partial charge in [0.2, 0.25) is 5.91 Å². The molecule has 5 rings (SSSR count). The van der Waals surface area contributed by atoms with Crippen molar-refractivity contribution < 1.29 is 4.79 Å². The fourth-order valence-corrected chi connectivity index (χ4v) is 4.99. The van der Waals surface area contributed by atoms with Gasteiger partial charge in [0.05, 0.1) is 11.6 Å². The number of nitrogens with zero attached hydrogens (tertiary/aromatic N) is 4. The van der Waals surface area contributed by atoms with Crippen LogP contribution in [-0.4, -0.2) is 33.6 Å². The SMILES string of the molecule is CCc1ccc(CNC(=O)[C@H]2CCCN(c3nccn4nc(-c5ccc(C)cc5C)cc34)C2)cc1. The largest absolute Gasteiger partial charge is 0.354 e. The number of hydrogen-bond acceptors (Lipinski definition) is 4. The van der Waals surface area contributed by atoms with E-state index in [1.54, 1.807) is 6.20 Å². The quantitative estimate of drug-likeness (QED) is 0.428. The van der Waals surface area contributed by atoms with Gasteiger partial charge in [-0.2, -0.15) is 5.10 Å². The fourth-order valence-electron chi connectivity index (χ4n) is 4.99. The average Bonchev–Trinajstić information content (AvgIpc) is 3.31. The standard InChI is InChI=1S/C29H33N5O/c1-4-22-8-10-23(11-9-22)18-31-29(35)24-6-5-14-33(19-24)28-27-17-26(32-34(27)15-13-30-28)25-12-7-20(2)16-21(25)3/h7-13,15-17,24H,4-6,14,18-19H2,1-3H3,(H,31,35)/t24-/m0/s1. The third-order valence-electron chi connectivity index (χ3n) is 7.02. The lowest BCUT2D eigenvalue weighted by Crippen LogP contribution is -2.43. The van der Waals surface area contributed by atoms with Crippen molar-refractivity contribution in [3.05, 3.63) is 83.2 Å². The second kappa shape index (κ2) is 9.90. The average molecular weight is 468 g/mol. The van der Waals surface area contributed by atoms with Crippen molar-refractivity contribution in [3.63, 3.8) is 0 Å². The zero-order valence-electron chi connectivity index (χ0n) is 20.8. The summed E-state index contributed by atoms with van der Waals surface area (Å²) >= 11 is 0. The Kier molecular flexibility index (Phi) is 6.53. The maximum Gasteiger partial charge on any atom is 0.225 e. The van der Waals surface area contributed by atoms with E-state index in [1.807, 2.05) is 10.7 Å². The Morgan fingerprint density at radius 1 is 1.09 bits per heavy atom. The number of fused-ring (bicyclic) bond motifs is 1. The number of carbonyl (C=O) groups excluding carboxylic acids is 1. The molecule has 0 bridgehead atoms. The Balaban J connectivity index is 1.32. The number of hydrogen-bond donors (Lipinski definition) is 1. The molecule has 1 amide bonds. The minimum absolute atomic E-state index is 0.0533. The van der Waals surface area contributed by atoms with Crippen molar-refractivity contribution in [1.82, 2.24) is 19.9 Å². The van der Waals surface area contributed by atoms with E-state index in [0.717, 1.165) is 54.0 Å². The second-order valence-electron chi connectivity index (χ2n) is 9.60. The Morgan fingerprint density at radius 2 is 1.89 bits per heavy atom. The third kappa shape index (κ3) is 4.92. The molecule has 1 aliphatic heterocycles. The van der Waals surface area contributed by atoms with Crippen molar-refractivity contribution in [3.8, 4) is 11.3 Å². The topological polar surface area (TPSA) is 62.5 Å². The minimum atomic E-state index is -0.0533. The smallest absolute Gasteiger partial charge is 0.225 e. The van der Waals surface area contributed by atoms with Crippen LogP contribution in [0.25, 0.3) is 16.8 Å². The molecule has 0 radical (unpaired) electrons. The number of aromatic nitrogens is 3. The van der Waals surface area contributed by atoms with Crippen molar-refractivity contribution in [2.75, 3.05) is 18.0 Å². The van der Waals surface area contributed by atoms with Crippen LogP contribution in [0.3, 0.4) is 0 Å². The van der Waals surface area contributed by atoms with Crippen molar-refractivity contribution in [2.24, 2.45) is 5.92 Å². The summed E-state index contributed by atoms with van der Waals surface area (Å²) < 4.78 is 1.90. The summed E-state index contributed by atoms with van der Waals surface area (Å²) in [5, 5.41) is 7.98. The third-order valence-corrected chi connectivity index (χ3v) is 7.02. The van der Waals surface area contributed by atoms with Gasteiger partial charge in [0.1, 0.15) is 5.52 Å². The maximum atomic E-state index is 13.0. The van der Waals surface area contributed by atoms with Gasteiger partial charge in [-0.05, 0) is 55.9 Å². The van der Waals surface area contributed by atoms with Crippen molar-refractivity contribution >= 4 is 17.2 Å². The number of nitrogens with one attached hydrogen (secondary N) is 1. The molecule has 6 nitrogen and oxygen atoms in total. The lowest BCUT2D eigenvalue weighted by Gasteiger charge is -2.33. The molecule has 3 heterocycles. The van der Waals surface area contributed by atoms with Crippen LogP contribution in [0, 0.1) is 19.8 Å². The highest BCUT2D eigenvalue weighted by Gasteiger charge is 2.27. The summed E-state index contributed by atoms with van der Waals surface area (Å²) in [6, 6.07) is 17.0. The lowest BCUT2D eigenvalue weighted by molar-refractivity contribution is -0.125. The van der Waals surface area contributed by atoms with E-state index in [2.05, 4.69) is 79.5 Å². The molecule has 2 aromatic carbocycles. The van der Waals surface area contributed by atoms with Crippen molar-refractivity contribution in [2.45, 2.75) is 46.6 Å². The minimum Gasteiger partial charge on any atom is -0.354 e. The van der Waals surface area contributed by atoms with Gasteiger partial charge >= 0.3 is 0 Å². The van der Waals surface area contributed by atoms with Crippen LogP contribution < -0.4 is 10.2 Å². The molecule has 35 heavy (non-hydrogen) atoms. The normalized spacial score (nSPS) is 16.0. The number of rotatable bonds is 6. The van der Waals surface area contributed by atoms with Crippen LogP contribution in [0.4, 0.5) is 5.82 Å². The number of amides is 1. The van der Waals surface area contributed by atoms with Gasteiger partial charge in [-0.25, -0.2) is 9.50 Å². The van der Waals surface area contributed by atoms with Crippen LogP contribution in [0.15, 0.2) is 60.9 Å². The van der Waals surface area contributed by atoms with Gasteiger partial charge in [-0.15, -0.1) is 0 Å². The zero-order chi connectivity index (χ0) is 24.4. The molecule has 2 aromatic heterocycles. The van der Waals surface area contributed by atoms with Crippen LogP contribution >= 0.6 is 0 Å². The molecule has 180 valence electrons.